The van der Waals surface area contributed by atoms with Crippen LogP contribution < -0.4 is 10.9 Å². The number of nitrogens with zero attached hydrogens (tertiary/aromatic N) is 5. The standard InChI is InChI=1S/C14H22N6O/c1-10(2)7-19-13(15-9-17-19)8-20-14(21)5-12(6-16-20)18-11(3)4/h5-6,9-11,18H,7-8H2,1-4H3. The van der Waals surface area contributed by atoms with Crippen molar-refractivity contribution in [2.45, 2.75) is 46.8 Å². The van der Waals surface area contributed by atoms with Gasteiger partial charge in [0.15, 0.2) is 0 Å². The van der Waals surface area contributed by atoms with Crippen molar-refractivity contribution in [3.8, 4) is 0 Å². The van der Waals surface area contributed by atoms with Crippen LogP contribution in [0.1, 0.15) is 33.5 Å². The van der Waals surface area contributed by atoms with Gasteiger partial charge in [-0.05, 0) is 19.8 Å². The van der Waals surface area contributed by atoms with Crippen LogP contribution in [0.15, 0.2) is 23.4 Å². The van der Waals surface area contributed by atoms with E-state index in [1.807, 2.05) is 18.5 Å². The minimum Gasteiger partial charge on any atom is -0.381 e. The highest BCUT2D eigenvalue weighted by molar-refractivity contribution is 5.39. The summed E-state index contributed by atoms with van der Waals surface area (Å²) in [5.74, 6) is 1.20. The third-order valence-electron chi connectivity index (χ3n) is 2.85. The minimum atomic E-state index is -0.153. The molecule has 2 heterocycles. The topological polar surface area (TPSA) is 77.6 Å². The lowest BCUT2D eigenvalue weighted by Crippen LogP contribution is -2.26. The Bertz CT molecular complexity index is 643. The van der Waals surface area contributed by atoms with Crippen molar-refractivity contribution in [1.29, 1.82) is 0 Å². The quantitative estimate of drug-likeness (QED) is 0.869. The molecule has 114 valence electrons. The molecule has 0 unspecified atom stereocenters. The van der Waals surface area contributed by atoms with Crippen molar-refractivity contribution in [2.75, 3.05) is 5.32 Å². The summed E-state index contributed by atoms with van der Waals surface area (Å²) in [4.78, 5) is 16.3. The van der Waals surface area contributed by atoms with E-state index in [4.69, 9.17) is 0 Å². The molecule has 2 aromatic rings. The Labute approximate surface area is 124 Å². The number of anilines is 1. The maximum atomic E-state index is 12.1. The van der Waals surface area contributed by atoms with Crippen LogP contribution in [0.2, 0.25) is 0 Å². The Morgan fingerprint density at radius 1 is 1.19 bits per heavy atom. The number of aromatic nitrogens is 5. The van der Waals surface area contributed by atoms with E-state index < -0.39 is 0 Å². The number of nitrogens with one attached hydrogen (secondary N) is 1. The van der Waals surface area contributed by atoms with E-state index in [2.05, 4.69) is 34.3 Å². The number of rotatable bonds is 6. The molecule has 0 fully saturated rings. The monoisotopic (exact) mass is 290 g/mol. The molecule has 2 aromatic heterocycles. The van der Waals surface area contributed by atoms with Crippen LogP contribution in [0.3, 0.4) is 0 Å². The van der Waals surface area contributed by atoms with Crippen LogP contribution in [0.4, 0.5) is 5.69 Å². The Morgan fingerprint density at radius 2 is 1.95 bits per heavy atom. The summed E-state index contributed by atoms with van der Waals surface area (Å²) in [6.45, 7) is 9.36. The van der Waals surface area contributed by atoms with E-state index in [9.17, 15) is 4.79 Å². The molecule has 0 aliphatic carbocycles. The Kier molecular flexibility index (Phi) is 4.72. The molecule has 7 nitrogen and oxygen atoms in total. The lowest BCUT2D eigenvalue weighted by molar-refractivity contribution is 0.453. The normalized spacial score (nSPS) is 11.3. The van der Waals surface area contributed by atoms with Gasteiger partial charge in [-0.3, -0.25) is 4.79 Å². The molecule has 0 saturated carbocycles. The predicted octanol–water partition coefficient (Wildman–Crippen LogP) is 1.36. The largest absolute Gasteiger partial charge is 0.381 e. The predicted molar refractivity (Wildman–Crippen MR) is 81.2 cm³/mol. The highest BCUT2D eigenvalue weighted by Crippen LogP contribution is 2.04. The van der Waals surface area contributed by atoms with Gasteiger partial charge in [-0.15, -0.1) is 0 Å². The summed E-state index contributed by atoms with van der Waals surface area (Å²) in [6, 6.07) is 1.81. The average Bonchev–Trinajstić information content (AvgIpc) is 2.78. The second-order valence-corrected chi connectivity index (χ2v) is 5.79. The van der Waals surface area contributed by atoms with Crippen LogP contribution in [-0.2, 0) is 13.1 Å². The van der Waals surface area contributed by atoms with Crippen LogP contribution in [0.25, 0.3) is 0 Å². The lowest BCUT2D eigenvalue weighted by Gasteiger charge is -2.11. The Balaban J connectivity index is 2.17. The van der Waals surface area contributed by atoms with E-state index in [0.717, 1.165) is 18.1 Å². The molecule has 0 aromatic carbocycles. The molecular weight excluding hydrogens is 268 g/mol. The first-order valence-corrected chi connectivity index (χ1v) is 7.16. The first kappa shape index (κ1) is 15.2. The van der Waals surface area contributed by atoms with Crippen LogP contribution in [0, 0.1) is 5.92 Å². The molecule has 0 saturated heterocycles. The summed E-state index contributed by atoms with van der Waals surface area (Å²) in [6.07, 6.45) is 3.17. The smallest absolute Gasteiger partial charge is 0.269 e. The first-order chi connectivity index (χ1) is 9.95. The SMILES string of the molecule is CC(C)Cn1ncnc1Cn1ncc(NC(C)C)cc1=O. The van der Waals surface area contributed by atoms with E-state index in [1.165, 1.54) is 11.0 Å². The molecule has 2 rings (SSSR count). The minimum absolute atomic E-state index is 0.153. The summed E-state index contributed by atoms with van der Waals surface area (Å²) >= 11 is 0. The average molecular weight is 290 g/mol. The van der Waals surface area contributed by atoms with Crippen LogP contribution in [0.5, 0.6) is 0 Å². The second-order valence-electron chi connectivity index (χ2n) is 5.79. The van der Waals surface area contributed by atoms with Crippen molar-refractivity contribution in [3.63, 3.8) is 0 Å². The van der Waals surface area contributed by atoms with E-state index in [-0.39, 0.29) is 11.6 Å². The van der Waals surface area contributed by atoms with Gasteiger partial charge in [0.05, 0.1) is 11.9 Å². The van der Waals surface area contributed by atoms with Gasteiger partial charge in [0.2, 0.25) is 0 Å². The molecule has 0 spiro atoms. The number of hydrogen-bond acceptors (Lipinski definition) is 5. The molecule has 7 heteroatoms. The molecule has 0 bridgehead atoms. The summed E-state index contributed by atoms with van der Waals surface area (Å²) in [5.41, 5.74) is 0.578. The second kappa shape index (κ2) is 6.51. The summed E-state index contributed by atoms with van der Waals surface area (Å²) < 4.78 is 3.21. The Hall–Kier alpha value is -2.18. The van der Waals surface area contributed by atoms with E-state index in [1.54, 1.807) is 12.3 Å². The fraction of sp³-hybridized carbons (Fsp3) is 0.571. The maximum Gasteiger partial charge on any atom is 0.269 e. The van der Waals surface area contributed by atoms with Crippen molar-refractivity contribution in [1.82, 2.24) is 24.5 Å². The first-order valence-electron chi connectivity index (χ1n) is 7.16. The lowest BCUT2D eigenvalue weighted by atomic mass is 10.2. The highest BCUT2D eigenvalue weighted by Gasteiger charge is 2.09. The van der Waals surface area contributed by atoms with Crippen LogP contribution >= 0.6 is 0 Å². The van der Waals surface area contributed by atoms with E-state index in [0.29, 0.717) is 12.5 Å². The zero-order valence-corrected chi connectivity index (χ0v) is 12.9. The third-order valence-corrected chi connectivity index (χ3v) is 2.85. The van der Waals surface area contributed by atoms with Gasteiger partial charge in [-0.25, -0.2) is 14.3 Å². The third kappa shape index (κ3) is 4.14. The van der Waals surface area contributed by atoms with Gasteiger partial charge < -0.3 is 5.32 Å². The van der Waals surface area contributed by atoms with Crippen LogP contribution in [-0.4, -0.2) is 30.6 Å². The van der Waals surface area contributed by atoms with Crippen molar-refractivity contribution in [2.24, 2.45) is 5.92 Å². The molecular formula is C14H22N6O. The Morgan fingerprint density at radius 3 is 2.57 bits per heavy atom. The molecule has 0 amide bonds. The van der Waals surface area contributed by atoms with Gasteiger partial charge in [0.25, 0.3) is 5.56 Å². The number of hydrogen-bond donors (Lipinski definition) is 1. The highest BCUT2D eigenvalue weighted by atomic mass is 16.1. The fourth-order valence-electron chi connectivity index (χ4n) is 2.01. The molecule has 0 radical (unpaired) electrons. The van der Waals surface area contributed by atoms with E-state index >= 15 is 0 Å². The van der Waals surface area contributed by atoms with Gasteiger partial charge in [0.1, 0.15) is 18.7 Å². The molecule has 0 aliphatic heterocycles. The fourth-order valence-corrected chi connectivity index (χ4v) is 2.01. The van der Waals surface area contributed by atoms with Gasteiger partial charge in [-0.1, -0.05) is 13.8 Å². The molecule has 0 aliphatic rings. The van der Waals surface area contributed by atoms with Crippen molar-refractivity contribution in [3.05, 3.63) is 34.8 Å². The molecule has 21 heavy (non-hydrogen) atoms. The van der Waals surface area contributed by atoms with Gasteiger partial charge in [-0.2, -0.15) is 10.2 Å². The molecule has 1 N–H and O–H groups in total. The zero-order chi connectivity index (χ0) is 15.4. The summed E-state index contributed by atoms with van der Waals surface area (Å²) in [7, 11) is 0. The molecule has 0 atom stereocenters. The van der Waals surface area contributed by atoms with Gasteiger partial charge in [0, 0.05) is 18.7 Å². The maximum absolute atomic E-state index is 12.1. The van der Waals surface area contributed by atoms with Crippen molar-refractivity contribution >= 4 is 5.69 Å². The van der Waals surface area contributed by atoms with Crippen molar-refractivity contribution < 1.29 is 0 Å². The van der Waals surface area contributed by atoms with Gasteiger partial charge >= 0.3 is 0 Å². The zero-order valence-electron chi connectivity index (χ0n) is 12.9. The summed E-state index contributed by atoms with van der Waals surface area (Å²) in [5, 5.41) is 11.5.